The summed E-state index contributed by atoms with van der Waals surface area (Å²) in [6.45, 7) is 1.59. The molecule has 3 heterocycles. The van der Waals surface area contributed by atoms with Gasteiger partial charge in [-0.3, -0.25) is 14.1 Å². The maximum Gasteiger partial charge on any atom is 0.451 e. The lowest BCUT2D eigenvalue weighted by Crippen LogP contribution is -2.44. The van der Waals surface area contributed by atoms with Crippen molar-refractivity contribution in [1.29, 1.82) is 0 Å². The number of anilines is 2. The number of piperidine rings is 1. The molecule has 248 valence electrons. The zero-order valence-corrected chi connectivity index (χ0v) is 26.7. The van der Waals surface area contributed by atoms with Crippen molar-refractivity contribution in [2.75, 3.05) is 41.9 Å². The molecule has 2 aliphatic rings. The van der Waals surface area contributed by atoms with Crippen LogP contribution in [0.25, 0.3) is 0 Å². The second-order valence-electron chi connectivity index (χ2n) is 11.2. The Morgan fingerprint density at radius 1 is 1.00 bits per heavy atom. The number of aromatic nitrogens is 2. The van der Waals surface area contributed by atoms with Gasteiger partial charge in [0.25, 0.3) is 10.1 Å². The van der Waals surface area contributed by atoms with Crippen molar-refractivity contribution in [3.8, 4) is 0 Å². The number of rotatable bonds is 12. The standard InChI is InChI=1S/C28H35Cl2F3N6O5S/c29-20-7-6-19(15-21(20)30)8-11-34-26(41)22-4-2-12-39(22)24-16-23(36-27(37-24)28(31,32)33)38-13-9-18(10-14-38)3-1-5-25(40)35-17-45(42,43)44/h6-7,15-16,18,22H,1-5,8-14,17H2,(H,34,41)(H,35,40)(H,42,43,44)/t22-/m0/s1. The van der Waals surface area contributed by atoms with Crippen molar-refractivity contribution in [3.63, 3.8) is 0 Å². The van der Waals surface area contributed by atoms with Crippen LogP contribution in [0.2, 0.25) is 10.0 Å². The second kappa shape index (κ2) is 15.1. The van der Waals surface area contributed by atoms with E-state index in [2.05, 4.69) is 20.6 Å². The summed E-state index contributed by atoms with van der Waals surface area (Å²) in [6, 6.07) is 6.03. The largest absolute Gasteiger partial charge is 0.451 e. The number of halogens is 5. The molecule has 1 aromatic carbocycles. The molecule has 2 fully saturated rings. The van der Waals surface area contributed by atoms with Crippen LogP contribution >= 0.6 is 23.2 Å². The van der Waals surface area contributed by atoms with Gasteiger partial charge in [-0.1, -0.05) is 29.3 Å². The number of nitrogens with one attached hydrogen (secondary N) is 2. The van der Waals surface area contributed by atoms with Crippen LogP contribution in [-0.4, -0.2) is 72.9 Å². The number of carbonyl (C=O) groups is 2. The third kappa shape index (κ3) is 10.3. The Bertz CT molecular complexity index is 1480. The lowest BCUT2D eigenvalue weighted by atomic mass is 9.91. The Morgan fingerprint density at radius 2 is 1.71 bits per heavy atom. The number of amides is 2. The topological polar surface area (TPSA) is 145 Å². The van der Waals surface area contributed by atoms with Gasteiger partial charge >= 0.3 is 6.18 Å². The molecule has 2 saturated heterocycles. The van der Waals surface area contributed by atoms with Gasteiger partial charge in [0.1, 0.15) is 23.6 Å². The molecule has 2 aromatic rings. The number of hydrogen-bond acceptors (Lipinski definition) is 8. The Morgan fingerprint density at radius 3 is 2.38 bits per heavy atom. The first-order valence-electron chi connectivity index (χ1n) is 14.6. The van der Waals surface area contributed by atoms with Crippen molar-refractivity contribution in [2.45, 2.75) is 63.6 Å². The first kappa shape index (κ1) is 35.0. The number of benzene rings is 1. The highest BCUT2D eigenvalue weighted by Gasteiger charge is 2.39. The van der Waals surface area contributed by atoms with E-state index in [1.54, 1.807) is 21.9 Å². The van der Waals surface area contributed by atoms with Crippen LogP contribution in [0.1, 0.15) is 56.3 Å². The van der Waals surface area contributed by atoms with E-state index in [1.807, 2.05) is 6.07 Å². The van der Waals surface area contributed by atoms with E-state index in [4.69, 9.17) is 27.8 Å². The second-order valence-corrected chi connectivity index (χ2v) is 13.5. The Hall–Kier alpha value is -2.88. The first-order chi connectivity index (χ1) is 21.2. The molecule has 4 rings (SSSR count). The minimum absolute atomic E-state index is 0.0486. The summed E-state index contributed by atoms with van der Waals surface area (Å²) in [4.78, 5) is 35.9. The number of nitrogens with zero attached hydrogens (tertiary/aromatic N) is 4. The van der Waals surface area contributed by atoms with Crippen molar-refractivity contribution >= 4 is 56.8 Å². The van der Waals surface area contributed by atoms with Gasteiger partial charge in [-0.05, 0) is 68.6 Å². The molecular weight excluding hydrogens is 660 g/mol. The molecule has 11 nitrogen and oxygen atoms in total. The van der Waals surface area contributed by atoms with Gasteiger partial charge in [0, 0.05) is 38.7 Å². The normalized spacial score (nSPS) is 17.9. The van der Waals surface area contributed by atoms with E-state index in [0.717, 1.165) is 5.56 Å². The number of hydrogen-bond donors (Lipinski definition) is 3. The molecule has 1 atom stereocenters. The molecule has 3 N–H and O–H groups in total. The SMILES string of the molecule is O=C(CCCC1CCN(c2cc(N3CCC[C@H]3C(=O)NCCc3ccc(Cl)c(Cl)c3)nc(C(F)(F)F)n2)CC1)NCS(=O)(=O)O. The maximum atomic E-state index is 13.9. The lowest BCUT2D eigenvalue weighted by molar-refractivity contribution is -0.144. The Labute approximate surface area is 269 Å². The van der Waals surface area contributed by atoms with Gasteiger partial charge in [0.15, 0.2) is 0 Å². The molecule has 17 heteroatoms. The summed E-state index contributed by atoms with van der Waals surface area (Å²) < 4.78 is 71.9. The van der Waals surface area contributed by atoms with Crippen LogP contribution < -0.4 is 20.4 Å². The first-order valence-corrected chi connectivity index (χ1v) is 17.0. The zero-order valence-electron chi connectivity index (χ0n) is 24.3. The van der Waals surface area contributed by atoms with E-state index in [-0.39, 0.29) is 29.9 Å². The third-order valence-corrected chi connectivity index (χ3v) is 9.15. The van der Waals surface area contributed by atoms with E-state index in [9.17, 15) is 31.2 Å². The van der Waals surface area contributed by atoms with E-state index < -0.39 is 39.9 Å². The summed E-state index contributed by atoms with van der Waals surface area (Å²) in [5.41, 5.74) is 0.883. The van der Waals surface area contributed by atoms with Crippen LogP contribution in [0.5, 0.6) is 0 Å². The molecule has 0 bridgehead atoms. The van der Waals surface area contributed by atoms with Crippen molar-refractivity contribution in [1.82, 2.24) is 20.6 Å². The fraction of sp³-hybridized carbons (Fsp3) is 0.571. The molecule has 45 heavy (non-hydrogen) atoms. The van der Waals surface area contributed by atoms with Crippen LogP contribution in [0.3, 0.4) is 0 Å². The molecule has 0 radical (unpaired) electrons. The molecule has 0 unspecified atom stereocenters. The molecular formula is C28H35Cl2F3N6O5S. The summed E-state index contributed by atoms with van der Waals surface area (Å²) in [6.07, 6.45) is -0.570. The average Bonchev–Trinajstić information content (AvgIpc) is 3.48. The number of carbonyl (C=O) groups excluding carboxylic acids is 2. The molecule has 2 aliphatic heterocycles. The van der Waals surface area contributed by atoms with Gasteiger partial charge in [-0.25, -0.2) is 9.97 Å². The molecule has 0 saturated carbocycles. The number of alkyl halides is 3. The minimum atomic E-state index is -4.78. The van der Waals surface area contributed by atoms with Crippen molar-refractivity contribution < 1.29 is 35.7 Å². The highest BCUT2D eigenvalue weighted by molar-refractivity contribution is 7.85. The fourth-order valence-electron chi connectivity index (χ4n) is 5.58. The quantitative estimate of drug-likeness (QED) is 0.274. The van der Waals surface area contributed by atoms with Crippen LogP contribution in [0, 0.1) is 5.92 Å². The fourth-order valence-corrected chi connectivity index (χ4v) is 6.24. The van der Waals surface area contributed by atoms with Gasteiger partial charge in [0.05, 0.1) is 10.0 Å². The monoisotopic (exact) mass is 694 g/mol. The minimum Gasteiger partial charge on any atom is -0.356 e. The van der Waals surface area contributed by atoms with E-state index in [0.29, 0.717) is 81.2 Å². The summed E-state index contributed by atoms with van der Waals surface area (Å²) >= 11 is 12.0. The smallest absolute Gasteiger partial charge is 0.356 e. The molecule has 2 amide bonds. The third-order valence-electron chi connectivity index (χ3n) is 7.91. The predicted octanol–water partition coefficient (Wildman–Crippen LogP) is 4.48. The Balaban J connectivity index is 1.36. The van der Waals surface area contributed by atoms with Crippen LogP contribution in [-0.2, 0) is 32.3 Å². The van der Waals surface area contributed by atoms with E-state index >= 15 is 0 Å². The molecule has 1 aromatic heterocycles. The zero-order chi connectivity index (χ0) is 32.8. The molecule has 0 aliphatic carbocycles. The lowest BCUT2D eigenvalue weighted by Gasteiger charge is -2.34. The van der Waals surface area contributed by atoms with Crippen molar-refractivity contribution in [3.05, 3.63) is 45.7 Å². The van der Waals surface area contributed by atoms with Gasteiger partial charge < -0.3 is 20.4 Å². The summed E-state index contributed by atoms with van der Waals surface area (Å²) in [5, 5.41) is 5.85. The van der Waals surface area contributed by atoms with Crippen LogP contribution in [0.15, 0.2) is 24.3 Å². The van der Waals surface area contributed by atoms with Gasteiger partial charge in [-0.2, -0.15) is 21.6 Å². The van der Waals surface area contributed by atoms with E-state index in [1.165, 1.54) is 6.07 Å². The maximum absolute atomic E-state index is 13.9. The summed E-state index contributed by atoms with van der Waals surface area (Å²) in [5.74, 6) is -2.47. The average molecular weight is 696 g/mol. The molecule has 0 spiro atoms. The highest BCUT2D eigenvalue weighted by atomic mass is 35.5. The summed E-state index contributed by atoms with van der Waals surface area (Å²) in [7, 11) is -4.29. The van der Waals surface area contributed by atoms with Crippen LogP contribution in [0.4, 0.5) is 24.8 Å². The van der Waals surface area contributed by atoms with Crippen molar-refractivity contribution in [2.24, 2.45) is 5.92 Å². The predicted molar refractivity (Wildman–Crippen MR) is 164 cm³/mol. The highest BCUT2D eigenvalue weighted by Crippen LogP contribution is 2.34. The van der Waals surface area contributed by atoms with Gasteiger partial charge in [0.2, 0.25) is 17.6 Å². The Kier molecular flexibility index (Phi) is 11.8. The van der Waals surface area contributed by atoms with Gasteiger partial charge in [-0.15, -0.1) is 0 Å².